The molecule has 0 amide bonds. The van der Waals surface area contributed by atoms with Crippen LogP contribution in [0.1, 0.15) is 11.4 Å². The van der Waals surface area contributed by atoms with Crippen LogP contribution in [0.2, 0.25) is 5.02 Å². The molecular formula is C10H7ClN4O2S2. The van der Waals surface area contributed by atoms with E-state index in [2.05, 4.69) is 14.1 Å². The zero-order valence-corrected chi connectivity index (χ0v) is 12.0. The Hall–Kier alpha value is -1.69. The van der Waals surface area contributed by atoms with Gasteiger partial charge in [0, 0.05) is 11.5 Å². The average molecular weight is 315 g/mol. The summed E-state index contributed by atoms with van der Waals surface area (Å²) in [5, 5.41) is 8.85. The Morgan fingerprint density at radius 1 is 1.47 bits per heavy atom. The summed E-state index contributed by atoms with van der Waals surface area (Å²) in [6, 6.07) is 5.83. The topological polar surface area (TPSA) is 95.7 Å². The number of anilines is 1. The van der Waals surface area contributed by atoms with Crippen LogP contribution < -0.4 is 4.72 Å². The first-order chi connectivity index (χ1) is 8.92. The molecule has 1 aromatic heterocycles. The number of hydrogen-bond acceptors (Lipinski definition) is 6. The molecule has 0 atom stereocenters. The third-order valence-corrected chi connectivity index (χ3v) is 4.77. The van der Waals surface area contributed by atoms with E-state index in [1.807, 2.05) is 6.07 Å². The molecule has 1 N–H and O–H groups in total. The number of nitriles is 1. The van der Waals surface area contributed by atoms with E-state index < -0.39 is 10.0 Å². The summed E-state index contributed by atoms with van der Waals surface area (Å²) in [6.07, 6.45) is 0. The van der Waals surface area contributed by atoms with E-state index in [4.69, 9.17) is 16.9 Å². The molecule has 0 bridgehead atoms. The Kier molecular flexibility index (Phi) is 3.71. The first-order valence-electron chi connectivity index (χ1n) is 4.95. The zero-order valence-electron chi connectivity index (χ0n) is 9.58. The van der Waals surface area contributed by atoms with Crippen LogP contribution in [0.4, 0.5) is 5.13 Å². The average Bonchev–Trinajstić information content (AvgIpc) is 2.73. The molecule has 0 aliphatic carbocycles. The minimum Gasteiger partial charge on any atom is -0.253 e. The Balaban J connectivity index is 2.37. The quantitative estimate of drug-likeness (QED) is 0.936. The molecule has 2 aromatic rings. The van der Waals surface area contributed by atoms with Crippen LogP contribution in [0.15, 0.2) is 23.1 Å². The smallest absolute Gasteiger partial charge is 0.253 e. The maximum Gasteiger partial charge on any atom is 0.265 e. The van der Waals surface area contributed by atoms with Gasteiger partial charge in [-0.05, 0) is 25.1 Å². The summed E-state index contributed by atoms with van der Waals surface area (Å²) in [4.78, 5) is 3.80. The Labute approximate surface area is 118 Å². The number of hydrogen-bond donors (Lipinski definition) is 1. The molecule has 0 spiro atoms. The molecular weight excluding hydrogens is 308 g/mol. The van der Waals surface area contributed by atoms with Crippen LogP contribution in [0.25, 0.3) is 0 Å². The van der Waals surface area contributed by atoms with E-state index in [0.29, 0.717) is 5.82 Å². The maximum atomic E-state index is 12.1. The predicted molar refractivity (Wildman–Crippen MR) is 71.6 cm³/mol. The fraction of sp³-hybridized carbons (Fsp3) is 0.100. The number of aromatic nitrogens is 2. The molecule has 98 valence electrons. The highest BCUT2D eigenvalue weighted by Gasteiger charge is 2.20. The number of rotatable bonds is 3. The van der Waals surface area contributed by atoms with Gasteiger partial charge in [-0.3, -0.25) is 4.72 Å². The van der Waals surface area contributed by atoms with Gasteiger partial charge in [0.15, 0.2) is 0 Å². The Bertz CT molecular complexity index is 764. The number of aryl methyl sites for hydroxylation is 1. The lowest BCUT2D eigenvalue weighted by molar-refractivity contribution is 0.601. The Morgan fingerprint density at radius 3 is 2.74 bits per heavy atom. The summed E-state index contributed by atoms with van der Waals surface area (Å²) in [5.74, 6) is 0.480. The minimum absolute atomic E-state index is 0.0206. The van der Waals surface area contributed by atoms with E-state index in [9.17, 15) is 8.42 Å². The van der Waals surface area contributed by atoms with Crippen LogP contribution in [0, 0.1) is 18.3 Å². The molecule has 2 rings (SSSR count). The monoisotopic (exact) mass is 314 g/mol. The van der Waals surface area contributed by atoms with E-state index in [1.165, 1.54) is 18.2 Å². The summed E-state index contributed by atoms with van der Waals surface area (Å²) >= 11 is 6.80. The van der Waals surface area contributed by atoms with Gasteiger partial charge in [-0.25, -0.2) is 13.4 Å². The van der Waals surface area contributed by atoms with E-state index in [-0.39, 0.29) is 20.6 Å². The Morgan fingerprint density at radius 2 is 2.21 bits per heavy atom. The highest BCUT2D eigenvalue weighted by Crippen LogP contribution is 2.25. The molecule has 0 fully saturated rings. The highest BCUT2D eigenvalue weighted by atomic mass is 35.5. The molecule has 6 nitrogen and oxygen atoms in total. The normalized spacial score (nSPS) is 11.0. The lowest BCUT2D eigenvalue weighted by atomic mass is 10.2. The number of nitrogens with one attached hydrogen (secondary N) is 1. The van der Waals surface area contributed by atoms with Gasteiger partial charge in [0.2, 0.25) is 5.13 Å². The van der Waals surface area contributed by atoms with Crippen molar-refractivity contribution in [3.05, 3.63) is 34.6 Å². The van der Waals surface area contributed by atoms with Gasteiger partial charge in [0.05, 0.1) is 16.7 Å². The molecule has 9 heteroatoms. The number of sulfonamides is 1. The second-order valence-electron chi connectivity index (χ2n) is 3.51. The van der Waals surface area contributed by atoms with Crippen LogP contribution in [-0.2, 0) is 10.0 Å². The largest absolute Gasteiger partial charge is 0.265 e. The van der Waals surface area contributed by atoms with Crippen molar-refractivity contribution in [1.29, 1.82) is 5.26 Å². The lowest BCUT2D eigenvalue weighted by Gasteiger charge is -2.06. The van der Waals surface area contributed by atoms with Gasteiger partial charge in [-0.1, -0.05) is 11.6 Å². The second-order valence-corrected chi connectivity index (χ2v) is 6.32. The standard InChI is InChI=1S/C10H7ClN4O2S2/c1-6-13-10(18-14-6)15-19(16,17)9-3-2-7(5-12)4-8(9)11/h2-4H,1H3,(H,13,14,15). The molecule has 0 saturated carbocycles. The number of nitrogens with zero attached hydrogens (tertiary/aromatic N) is 3. The van der Waals surface area contributed by atoms with Crippen molar-refractivity contribution >= 4 is 38.3 Å². The van der Waals surface area contributed by atoms with Crippen LogP contribution in [0.5, 0.6) is 0 Å². The van der Waals surface area contributed by atoms with E-state index in [0.717, 1.165) is 11.5 Å². The van der Waals surface area contributed by atoms with Gasteiger partial charge >= 0.3 is 0 Å². The predicted octanol–water partition coefficient (Wildman–Crippen LogP) is 2.17. The van der Waals surface area contributed by atoms with Gasteiger partial charge in [0.25, 0.3) is 10.0 Å². The number of benzene rings is 1. The molecule has 0 radical (unpaired) electrons. The highest BCUT2D eigenvalue weighted by molar-refractivity contribution is 7.93. The second kappa shape index (κ2) is 5.13. The van der Waals surface area contributed by atoms with Crippen LogP contribution in [0.3, 0.4) is 0 Å². The first-order valence-corrected chi connectivity index (χ1v) is 7.58. The fourth-order valence-electron chi connectivity index (χ4n) is 1.30. The third kappa shape index (κ3) is 3.01. The van der Waals surface area contributed by atoms with Crippen molar-refractivity contribution < 1.29 is 8.42 Å². The molecule has 0 saturated heterocycles. The van der Waals surface area contributed by atoms with Crippen molar-refractivity contribution in [2.24, 2.45) is 0 Å². The molecule has 0 aliphatic rings. The summed E-state index contributed by atoms with van der Waals surface area (Å²) in [6.45, 7) is 1.66. The van der Waals surface area contributed by atoms with Crippen molar-refractivity contribution in [1.82, 2.24) is 9.36 Å². The van der Waals surface area contributed by atoms with Crippen LogP contribution in [-0.4, -0.2) is 17.8 Å². The zero-order chi connectivity index (χ0) is 14.0. The van der Waals surface area contributed by atoms with E-state index >= 15 is 0 Å². The van der Waals surface area contributed by atoms with Gasteiger partial charge in [-0.15, -0.1) is 0 Å². The van der Waals surface area contributed by atoms with E-state index in [1.54, 1.807) is 6.92 Å². The maximum absolute atomic E-state index is 12.1. The van der Waals surface area contributed by atoms with Gasteiger partial charge in [0.1, 0.15) is 10.7 Å². The molecule has 1 aromatic carbocycles. The molecule has 1 heterocycles. The number of halogens is 1. The van der Waals surface area contributed by atoms with Crippen molar-refractivity contribution in [2.45, 2.75) is 11.8 Å². The lowest BCUT2D eigenvalue weighted by Crippen LogP contribution is -2.13. The minimum atomic E-state index is -3.84. The summed E-state index contributed by atoms with van der Waals surface area (Å²) in [5.41, 5.74) is 0.288. The van der Waals surface area contributed by atoms with Gasteiger partial charge in [-0.2, -0.15) is 9.64 Å². The van der Waals surface area contributed by atoms with Crippen molar-refractivity contribution in [2.75, 3.05) is 4.72 Å². The fourth-order valence-corrected chi connectivity index (χ4v) is 3.64. The first kappa shape index (κ1) is 13.7. The molecule has 0 unspecified atom stereocenters. The SMILES string of the molecule is Cc1nsc(NS(=O)(=O)c2ccc(C#N)cc2Cl)n1. The molecule has 0 aliphatic heterocycles. The molecule has 19 heavy (non-hydrogen) atoms. The van der Waals surface area contributed by atoms with Crippen molar-refractivity contribution in [3.63, 3.8) is 0 Å². The summed E-state index contributed by atoms with van der Waals surface area (Å²) < 4.78 is 30.3. The van der Waals surface area contributed by atoms with Crippen molar-refractivity contribution in [3.8, 4) is 6.07 Å². The van der Waals surface area contributed by atoms with Gasteiger partial charge < -0.3 is 0 Å². The van der Waals surface area contributed by atoms with Crippen LogP contribution >= 0.6 is 23.1 Å². The third-order valence-electron chi connectivity index (χ3n) is 2.10. The summed E-state index contributed by atoms with van der Waals surface area (Å²) in [7, 11) is -3.84.